The Balaban J connectivity index is 1.21. The largest absolute Gasteiger partial charge is 0.756 e. The molecule has 2 aliphatic heterocycles. The van der Waals surface area contributed by atoms with Gasteiger partial charge in [-0.15, -0.1) is 0 Å². The van der Waals surface area contributed by atoms with Crippen LogP contribution in [0, 0.1) is 0 Å². The van der Waals surface area contributed by atoms with Crippen LogP contribution in [0.4, 0.5) is 5.82 Å². The number of hydrogen-bond donors (Lipinski definition) is 8. The lowest BCUT2D eigenvalue weighted by Crippen LogP contribution is -2.46. The highest BCUT2D eigenvalue weighted by Gasteiger charge is 2.51. The van der Waals surface area contributed by atoms with Gasteiger partial charge in [-0.1, -0.05) is 12.2 Å². The Morgan fingerprint density at radius 1 is 1.04 bits per heavy atom. The number of hydrogen-bond acceptors (Lipinski definition) is 18. The molecule has 0 saturated carbocycles. The van der Waals surface area contributed by atoms with Gasteiger partial charge in [-0.05, 0) is 6.07 Å². The highest BCUT2D eigenvalue weighted by molar-refractivity contribution is 7.80. The van der Waals surface area contributed by atoms with Gasteiger partial charge < -0.3 is 60.4 Å². The lowest BCUT2D eigenvalue weighted by Gasteiger charge is -2.26. The topological polar surface area (TPSA) is 351 Å². The molecule has 0 radical (unpaired) electrons. The van der Waals surface area contributed by atoms with E-state index in [1.165, 1.54) is 23.0 Å². The summed E-state index contributed by atoms with van der Waals surface area (Å²) in [5, 5.41) is 31.6. The molecule has 5 rings (SSSR count). The molecular formula is C21H28N7O16P3S. The van der Waals surface area contributed by atoms with Crippen LogP contribution in [-0.4, -0.2) is 104 Å². The Bertz CT molecular complexity index is 1820. The third-order valence-electron chi connectivity index (χ3n) is 6.97. The Hall–Kier alpha value is -2.44. The molecule has 2 fully saturated rings. The van der Waals surface area contributed by atoms with Crippen molar-refractivity contribution in [1.29, 1.82) is 0 Å². The molecule has 0 aromatic carbocycles. The number of phosphoric acid groups is 3. The van der Waals surface area contributed by atoms with E-state index >= 15 is 0 Å². The van der Waals surface area contributed by atoms with Gasteiger partial charge in [-0.2, -0.15) is 4.57 Å². The summed E-state index contributed by atoms with van der Waals surface area (Å²) in [6.07, 6.45) is -7.97. The molecule has 5 heterocycles. The molecule has 27 heteroatoms. The van der Waals surface area contributed by atoms with E-state index in [0.717, 1.165) is 17.2 Å². The predicted molar refractivity (Wildman–Crippen MR) is 155 cm³/mol. The predicted octanol–water partition coefficient (Wildman–Crippen LogP) is -3.00. The van der Waals surface area contributed by atoms with E-state index in [0.29, 0.717) is 5.56 Å². The maximum absolute atomic E-state index is 12.5. The SMILES string of the molecule is NC(=S)c1ccc[n+]([C@@H]2O[C@@H](COP(=O)([O-])OP(=O)(O)OC[C@@H]3O[C@@H](n4cnc5c(N)ncnc54)[C@@H](OP(=O)(O)O)[C@H]3O)[C@@H](O)[C@H]2O)c1. The van der Waals surface area contributed by atoms with Crippen molar-refractivity contribution in [2.24, 2.45) is 5.73 Å². The maximum Gasteiger partial charge on any atom is 0.478 e. The molecule has 3 aromatic rings. The third-order valence-corrected chi connectivity index (χ3v) is 10.3. The molecule has 0 aliphatic carbocycles. The van der Waals surface area contributed by atoms with Crippen molar-refractivity contribution in [3.63, 3.8) is 0 Å². The van der Waals surface area contributed by atoms with Gasteiger partial charge in [0.05, 0.1) is 25.1 Å². The first-order valence-electron chi connectivity index (χ1n) is 13.3. The molecule has 0 spiro atoms. The Morgan fingerprint density at radius 3 is 2.42 bits per heavy atom. The monoisotopic (exact) mass is 759 g/mol. The molecule has 3 aromatic heterocycles. The second-order valence-electron chi connectivity index (χ2n) is 10.2. The number of pyridine rings is 1. The Morgan fingerprint density at radius 2 is 1.73 bits per heavy atom. The average molecular weight is 759 g/mol. The molecule has 264 valence electrons. The summed E-state index contributed by atoms with van der Waals surface area (Å²) >= 11 is 4.91. The number of rotatable bonds is 13. The van der Waals surface area contributed by atoms with Crippen LogP contribution in [0.15, 0.2) is 37.2 Å². The zero-order valence-corrected chi connectivity index (χ0v) is 27.4. The standard InChI is InChI=1S/C21H28N7O16P3S/c22-17-12-19(25-7-24-17)28(8-26-12)21-16(43-45(32,33)34)14(30)11(42-21)6-40-47(37,38)44-46(35,36)39-5-10-13(29)15(31)20(41-10)27-3-1-2-9(4-27)18(23)48/h1-4,7-8,10-11,13-16,20-21,29-31H,5-6H2,(H7-,22,23,24,25,32,33,34,35,36,37,38,48)/t10-,11-,13+,14-,15+,16-,20+,21+/m0/s1. The van der Waals surface area contributed by atoms with Gasteiger partial charge >= 0.3 is 15.6 Å². The first-order valence-corrected chi connectivity index (χ1v) is 18.2. The number of nitrogen functional groups attached to an aromatic ring is 1. The quantitative estimate of drug-likeness (QED) is 0.0489. The van der Waals surface area contributed by atoms with E-state index in [2.05, 4.69) is 28.3 Å². The normalized spacial score (nSPS) is 30.3. The lowest BCUT2D eigenvalue weighted by molar-refractivity contribution is -0.765. The van der Waals surface area contributed by atoms with Crippen LogP contribution in [0.3, 0.4) is 0 Å². The van der Waals surface area contributed by atoms with E-state index in [-0.39, 0.29) is 22.0 Å². The second-order valence-corrected chi connectivity index (χ2v) is 14.9. The minimum Gasteiger partial charge on any atom is -0.756 e. The zero-order chi connectivity index (χ0) is 35.2. The number of fused-ring (bicyclic) bond motifs is 1. The van der Waals surface area contributed by atoms with Crippen LogP contribution in [0.2, 0.25) is 0 Å². The molecule has 48 heavy (non-hydrogen) atoms. The van der Waals surface area contributed by atoms with Gasteiger partial charge in [0, 0.05) is 6.07 Å². The minimum absolute atomic E-state index is 0.00293. The van der Waals surface area contributed by atoms with Crippen molar-refractivity contribution in [2.75, 3.05) is 18.9 Å². The summed E-state index contributed by atoms with van der Waals surface area (Å²) in [4.78, 5) is 53.0. The Kier molecular flexibility index (Phi) is 10.8. The summed E-state index contributed by atoms with van der Waals surface area (Å²) in [6, 6.07) is 3.11. The number of aromatic nitrogens is 5. The van der Waals surface area contributed by atoms with Gasteiger partial charge in [0.2, 0.25) is 0 Å². The van der Waals surface area contributed by atoms with Crippen molar-refractivity contribution < 1.29 is 80.5 Å². The number of ether oxygens (including phenoxy) is 2. The molecule has 2 unspecified atom stereocenters. The first-order chi connectivity index (χ1) is 22.4. The van der Waals surface area contributed by atoms with Crippen LogP contribution in [0.1, 0.15) is 18.0 Å². The minimum atomic E-state index is -5.70. The van der Waals surface area contributed by atoms with E-state index in [1.54, 1.807) is 6.07 Å². The van der Waals surface area contributed by atoms with Crippen molar-refractivity contribution in [3.8, 4) is 0 Å². The van der Waals surface area contributed by atoms with Gasteiger partial charge in [0.1, 0.15) is 47.4 Å². The van der Waals surface area contributed by atoms with Gasteiger partial charge in [-0.3, -0.25) is 18.2 Å². The summed E-state index contributed by atoms with van der Waals surface area (Å²) in [5.74, 6) is -0.0569. The van der Waals surface area contributed by atoms with E-state index in [9.17, 15) is 48.6 Å². The summed E-state index contributed by atoms with van der Waals surface area (Å²) in [6.45, 7) is -2.07. The fourth-order valence-corrected chi connectivity index (χ4v) is 7.54. The summed E-state index contributed by atoms with van der Waals surface area (Å²) in [5.41, 5.74) is 11.8. The highest BCUT2D eigenvalue weighted by Crippen LogP contribution is 2.58. The molecular weight excluding hydrogens is 731 g/mol. The van der Waals surface area contributed by atoms with Crippen LogP contribution in [0.5, 0.6) is 0 Å². The molecule has 2 saturated heterocycles. The third kappa shape index (κ3) is 8.29. The number of imidazole rings is 1. The lowest BCUT2D eigenvalue weighted by atomic mass is 10.1. The van der Waals surface area contributed by atoms with E-state index in [4.69, 9.17) is 37.7 Å². The molecule has 10 N–H and O–H groups in total. The maximum atomic E-state index is 12.5. The van der Waals surface area contributed by atoms with Gasteiger partial charge in [0.25, 0.3) is 14.1 Å². The van der Waals surface area contributed by atoms with Crippen LogP contribution >= 0.6 is 35.7 Å². The summed E-state index contributed by atoms with van der Waals surface area (Å²) in [7, 11) is -16.5. The number of nitrogens with two attached hydrogens (primary N) is 2. The van der Waals surface area contributed by atoms with E-state index in [1.807, 2.05) is 0 Å². The second kappa shape index (κ2) is 14.1. The summed E-state index contributed by atoms with van der Waals surface area (Å²) < 4.78 is 68.2. The van der Waals surface area contributed by atoms with Crippen molar-refractivity contribution in [2.45, 2.75) is 49.1 Å². The average Bonchev–Trinajstić information content (AvgIpc) is 3.64. The van der Waals surface area contributed by atoms with Crippen molar-refractivity contribution in [3.05, 3.63) is 42.7 Å². The highest BCUT2D eigenvalue weighted by atomic mass is 32.1. The molecule has 10 atom stereocenters. The fraction of sp³-hybridized carbons (Fsp3) is 0.476. The number of nitrogens with zero attached hydrogens (tertiary/aromatic N) is 5. The molecule has 0 bridgehead atoms. The van der Waals surface area contributed by atoms with Crippen molar-refractivity contribution >= 4 is 57.7 Å². The van der Waals surface area contributed by atoms with E-state index < -0.39 is 85.8 Å². The fourth-order valence-electron chi connectivity index (χ4n) is 4.82. The Labute approximate surface area is 274 Å². The molecule has 0 amide bonds. The van der Waals surface area contributed by atoms with Crippen molar-refractivity contribution in [1.82, 2.24) is 19.5 Å². The molecule has 2 aliphatic rings. The smallest absolute Gasteiger partial charge is 0.478 e. The van der Waals surface area contributed by atoms with Gasteiger partial charge in [-0.25, -0.2) is 28.4 Å². The number of aliphatic hydroxyl groups is 3. The number of phosphoric ester groups is 3. The molecule has 23 nitrogen and oxygen atoms in total. The van der Waals surface area contributed by atoms with Gasteiger partial charge in [0.15, 0.2) is 36.2 Å². The number of anilines is 1. The van der Waals surface area contributed by atoms with Crippen LogP contribution in [-0.2, 0) is 41.1 Å². The number of thiocarbonyl (C=S) groups is 1. The number of aliphatic hydroxyl groups excluding tert-OH is 3. The first kappa shape index (κ1) is 36.8. The van der Waals surface area contributed by atoms with Crippen LogP contribution in [0.25, 0.3) is 11.2 Å². The zero-order valence-electron chi connectivity index (χ0n) is 23.9. The van der Waals surface area contributed by atoms with Crippen LogP contribution < -0.4 is 20.9 Å².